The molecule has 168 valence electrons. The van der Waals surface area contributed by atoms with Crippen LogP contribution in [0.25, 0.3) is 0 Å². The lowest BCUT2D eigenvalue weighted by Gasteiger charge is -2.19. The van der Waals surface area contributed by atoms with E-state index in [0.29, 0.717) is 18.1 Å². The van der Waals surface area contributed by atoms with Crippen LogP contribution >= 0.6 is 0 Å². The van der Waals surface area contributed by atoms with Crippen molar-refractivity contribution in [2.45, 2.75) is 18.9 Å². The minimum Gasteiger partial charge on any atom is -0.406 e. The molecule has 1 heterocycles. The third kappa shape index (κ3) is 6.95. The van der Waals surface area contributed by atoms with E-state index >= 15 is 0 Å². The van der Waals surface area contributed by atoms with Gasteiger partial charge in [-0.1, -0.05) is 42.5 Å². The van der Waals surface area contributed by atoms with Gasteiger partial charge in [-0.2, -0.15) is 0 Å². The fourth-order valence-electron chi connectivity index (χ4n) is 2.87. The lowest BCUT2D eigenvalue weighted by atomic mass is 10.1. The summed E-state index contributed by atoms with van der Waals surface area (Å²) in [7, 11) is 1.45. The van der Waals surface area contributed by atoms with Gasteiger partial charge in [-0.3, -0.25) is 4.79 Å². The van der Waals surface area contributed by atoms with Crippen LogP contribution in [-0.2, 0) is 11.3 Å². The summed E-state index contributed by atoms with van der Waals surface area (Å²) >= 11 is 0. The smallest absolute Gasteiger partial charge is 0.406 e. The van der Waals surface area contributed by atoms with Gasteiger partial charge in [-0.15, -0.1) is 13.2 Å². The van der Waals surface area contributed by atoms with Gasteiger partial charge in [0.2, 0.25) is 5.95 Å². The minimum atomic E-state index is -4.78. The normalized spacial score (nSPS) is 12.1. The van der Waals surface area contributed by atoms with E-state index in [1.54, 1.807) is 0 Å². The first-order valence-electron chi connectivity index (χ1n) is 9.60. The van der Waals surface area contributed by atoms with Crippen LogP contribution in [0.3, 0.4) is 0 Å². The number of alkyl halides is 3. The summed E-state index contributed by atoms with van der Waals surface area (Å²) in [6, 6.07) is 15.7. The second-order valence-electron chi connectivity index (χ2n) is 6.70. The maximum absolute atomic E-state index is 12.7. The van der Waals surface area contributed by atoms with Gasteiger partial charge in [0, 0.05) is 19.9 Å². The number of amides is 1. The number of carbonyl (C=O) groups excluding carboxylic acids is 1. The van der Waals surface area contributed by atoms with Crippen molar-refractivity contribution in [3.8, 4) is 5.75 Å². The van der Waals surface area contributed by atoms with Crippen LogP contribution in [0.5, 0.6) is 5.75 Å². The SMILES string of the molecule is COCC(NC(=O)c1ccnc(NCc2ccccc2)n1)c1ccc(OC(F)(F)F)cc1. The van der Waals surface area contributed by atoms with Crippen molar-refractivity contribution in [1.82, 2.24) is 15.3 Å². The molecule has 0 saturated carbocycles. The predicted molar refractivity (Wildman–Crippen MR) is 111 cm³/mol. The Labute approximate surface area is 182 Å². The molecule has 0 radical (unpaired) electrons. The highest BCUT2D eigenvalue weighted by Gasteiger charge is 2.31. The Morgan fingerprint density at radius 1 is 1.06 bits per heavy atom. The Bertz CT molecular complexity index is 1010. The molecule has 3 aromatic rings. The molecule has 32 heavy (non-hydrogen) atoms. The second-order valence-corrected chi connectivity index (χ2v) is 6.70. The fourth-order valence-corrected chi connectivity index (χ4v) is 2.87. The molecule has 0 fully saturated rings. The van der Waals surface area contributed by atoms with Gasteiger partial charge in [-0.25, -0.2) is 9.97 Å². The summed E-state index contributed by atoms with van der Waals surface area (Å²) in [6.07, 6.45) is -3.31. The molecule has 1 unspecified atom stereocenters. The van der Waals surface area contributed by atoms with E-state index in [9.17, 15) is 18.0 Å². The number of nitrogens with one attached hydrogen (secondary N) is 2. The van der Waals surface area contributed by atoms with Gasteiger partial charge in [0.15, 0.2) is 0 Å². The Morgan fingerprint density at radius 3 is 2.44 bits per heavy atom. The van der Waals surface area contributed by atoms with Crippen molar-refractivity contribution in [2.75, 3.05) is 19.0 Å². The average molecular weight is 446 g/mol. The molecule has 0 aliphatic heterocycles. The number of nitrogens with zero attached hydrogens (tertiary/aromatic N) is 2. The number of rotatable bonds is 9. The maximum atomic E-state index is 12.7. The van der Waals surface area contributed by atoms with Gasteiger partial charge in [0.25, 0.3) is 5.91 Å². The largest absolute Gasteiger partial charge is 0.573 e. The molecular formula is C22H21F3N4O3. The summed E-state index contributed by atoms with van der Waals surface area (Å²) in [5.74, 6) is -0.542. The lowest BCUT2D eigenvalue weighted by Crippen LogP contribution is -2.32. The van der Waals surface area contributed by atoms with Crippen LogP contribution in [-0.4, -0.2) is 36.0 Å². The fraction of sp³-hybridized carbons (Fsp3) is 0.227. The molecule has 0 spiro atoms. The summed E-state index contributed by atoms with van der Waals surface area (Å²) in [5.41, 5.74) is 1.71. The number of anilines is 1. The molecule has 0 aliphatic rings. The van der Waals surface area contributed by atoms with Crippen LogP contribution in [0.15, 0.2) is 66.9 Å². The van der Waals surface area contributed by atoms with Gasteiger partial charge >= 0.3 is 6.36 Å². The van der Waals surface area contributed by atoms with E-state index in [1.807, 2.05) is 30.3 Å². The predicted octanol–water partition coefficient (Wildman–Crippen LogP) is 4.10. The zero-order chi connectivity index (χ0) is 23.0. The summed E-state index contributed by atoms with van der Waals surface area (Å²) in [5, 5.41) is 5.83. The summed E-state index contributed by atoms with van der Waals surface area (Å²) in [6.45, 7) is 0.597. The van der Waals surface area contributed by atoms with Crippen LogP contribution in [0, 0.1) is 0 Å². The van der Waals surface area contributed by atoms with E-state index in [-0.39, 0.29) is 18.1 Å². The van der Waals surface area contributed by atoms with Gasteiger partial charge in [-0.05, 0) is 29.3 Å². The Morgan fingerprint density at radius 2 is 1.78 bits per heavy atom. The number of hydrogen-bond acceptors (Lipinski definition) is 6. The molecule has 2 N–H and O–H groups in total. The van der Waals surface area contributed by atoms with Crippen molar-refractivity contribution in [3.63, 3.8) is 0 Å². The zero-order valence-corrected chi connectivity index (χ0v) is 17.1. The number of hydrogen-bond donors (Lipinski definition) is 2. The van der Waals surface area contributed by atoms with E-state index in [2.05, 4.69) is 25.3 Å². The third-order valence-corrected chi connectivity index (χ3v) is 4.34. The van der Waals surface area contributed by atoms with Gasteiger partial charge < -0.3 is 20.1 Å². The molecule has 2 aromatic carbocycles. The van der Waals surface area contributed by atoms with Crippen LogP contribution < -0.4 is 15.4 Å². The molecule has 1 aromatic heterocycles. The highest BCUT2D eigenvalue weighted by molar-refractivity contribution is 5.92. The lowest BCUT2D eigenvalue weighted by molar-refractivity contribution is -0.274. The van der Waals surface area contributed by atoms with Gasteiger partial charge in [0.1, 0.15) is 11.4 Å². The van der Waals surface area contributed by atoms with Crippen molar-refractivity contribution < 1.29 is 27.4 Å². The molecule has 1 atom stereocenters. The molecule has 0 saturated heterocycles. The topological polar surface area (TPSA) is 85.4 Å². The third-order valence-electron chi connectivity index (χ3n) is 4.34. The number of aromatic nitrogens is 2. The highest BCUT2D eigenvalue weighted by atomic mass is 19.4. The number of ether oxygens (including phenoxy) is 2. The maximum Gasteiger partial charge on any atom is 0.573 e. The molecule has 0 bridgehead atoms. The van der Waals surface area contributed by atoms with E-state index in [0.717, 1.165) is 5.56 Å². The summed E-state index contributed by atoms with van der Waals surface area (Å²) < 4.78 is 46.1. The standard InChI is InChI=1S/C22H21F3N4O3/c1-31-14-19(16-7-9-17(10-8-16)32-22(23,24)25)28-20(30)18-11-12-26-21(29-18)27-13-15-5-3-2-4-6-15/h2-12,19H,13-14H2,1H3,(H,28,30)(H,26,27,29). The van der Waals surface area contributed by atoms with Crippen molar-refractivity contribution in [2.24, 2.45) is 0 Å². The Balaban J connectivity index is 1.66. The number of methoxy groups -OCH3 is 1. The zero-order valence-electron chi connectivity index (χ0n) is 17.1. The van der Waals surface area contributed by atoms with Crippen molar-refractivity contribution in [3.05, 3.63) is 83.7 Å². The van der Waals surface area contributed by atoms with E-state index in [4.69, 9.17) is 4.74 Å². The number of halogens is 3. The van der Waals surface area contributed by atoms with E-state index < -0.39 is 18.3 Å². The van der Waals surface area contributed by atoms with Crippen molar-refractivity contribution in [1.29, 1.82) is 0 Å². The van der Waals surface area contributed by atoms with Crippen LogP contribution in [0.1, 0.15) is 27.7 Å². The van der Waals surface area contributed by atoms with Crippen LogP contribution in [0.2, 0.25) is 0 Å². The minimum absolute atomic E-state index is 0.107. The number of benzene rings is 2. The second kappa shape index (κ2) is 10.6. The Hall–Kier alpha value is -3.66. The molecule has 7 nitrogen and oxygen atoms in total. The van der Waals surface area contributed by atoms with Crippen LogP contribution in [0.4, 0.5) is 19.1 Å². The molecular weight excluding hydrogens is 425 g/mol. The molecule has 3 rings (SSSR count). The first kappa shape index (κ1) is 23.0. The van der Waals surface area contributed by atoms with Gasteiger partial charge in [0.05, 0.1) is 12.6 Å². The molecule has 1 amide bonds. The highest BCUT2D eigenvalue weighted by Crippen LogP contribution is 2.24. The summed E-state index contributed by atoms with van der Waals surface area (Å²) in [4.78, 5) is 21.1. The van der Waals surface area contributed by atoms with Crippen molar-refractivity contribution >= 4 is 11.9 Å². The first-order valence-corrected chi connectivity index (χ1v) is 9.60. The first-order chi connectivity index (χ1) is 15.3. The molecule has 10 heteroatoms. The average Bonchev–Trinajstić information content (AvgIpc) is 2.78. The number of carbonyl (C=O) groups is 1. The van der Waals surface area contributed by atoms with E-state index in [1.165, 1.54) is 43.6 Å². The monoisotopic (exact) mass is 446 g/mol. The molecule has 0 aliphatic carbocycles. The quantitative estimate of drug-likeness (QED) is 0.515. The Kier molecular flexibility index (Phi) is 7.61.